The monoisotopic (exact) mass is 523 g/mol. The topological polar surface area (TPSA) is 89.6 Å². The van der Waals surface area contributed by atoms with Gasteiger partial charge in [-0.1, -0.05) is 0 Å². The smallest absolute Gasteiger partial charge is 0.262 e. The standard InChI is InChI=1S/C26H24F3N7O2/c1-14-7-19(27)20(32-24(37)18-11-30-36(23(18)28)26-12-25(26,29)13-26)10-17(14)16-8-21-31-15(2)33-35(21)22(9-16)34-3-5-38-6-4-34/h7-11H,3-6,12-13H2,1-2H3,(H,32,37). The van der Waals surface area contributed by atoms with Gasteiger partial charge in [-0.2, -0.15) is 14.0 Å². The lowest BCUT2D eigenvalue weighted by molar-refractivity contribution is 0.102. The number of aromatic nitrogens is 5. The van der Waals surface area contributed by atoms with Gasteiger partial charge >= 0.3 is 0 Å². The molecule has 9 nitrogen and oxygen atoms in total. The van der Waals surface area contributed by atoms with Gasteiger partial charge in [-0.25, -0.2) is 18.4 Å². The molecule has 0 unspecified atom stereocenters. The molecule has 0 radical (unpaired) electrons. The molecule has 4 aromatic rings. The van der Waals surface area contributed by atoms with Crippen LogP contribution < -0.4 is 10.2 Å². The minimum Gasteiger partial charge on any atom is -0.378 e. The van der Waals surface area contributed by atoms with Crippen molar-refractivity contribution in [1.82, 2.24) is 24.4 Å². The number of benzene rings is 1. The SMILES string of the molecule is Cc1nc2cc(-c3cc(NC(=O)c4cnn(C56CC5(F)C6)c4F)c(F)cc3C)cc(N3CCOCC3)n2n1. The average Bonchev–Trinajstić information content (AvgIpc) is 3.45. The van der Waals surface area contributed by atoms with E-state index in [9.17, 15) is 18.0 Å². The second-order valence-corrected chi connectivity index (χ2v) is 10.3. The molecule has 12 heteroatoms. The van der Waals surface area contributed by atoms with E-state index in [1.165, 1.54) is 12.1 Å². The third-order valence-electron chi connectivity index (χ3n) is 7.82. The molecule has 0 atom stereocenters. The van der Waals surface area contributed by atoms with Crippen molar-refractivity contribution in [2.75, 3.05) is 36.5 Å². The highest BCUT2D eigenvalue weighted by molar-refractivity contribution is 6.04. The normalized spacial score (nSPS) is 24.0. The van der Waals surface area contributed by atoms with Crippen LogP contribution in [0.4, 0.5) is 24.7 Å². The average molecular weight is 524 g/mol. The number of pyridine rings is 1. The highest BCUT2D eigenvalue weighted by atomic mass is 19.2. The highest BCUT2D eigenvalue weighted by Crippen LogP contribution is 2.78. The Labute approximate surface area is 215 Å². The van der Waals surface area contributed by atoms with E-state index in [4.69, 9.17) is 4.74 Å². The first-order valence-electron chi connectivity index (χ1n) is 12.4. The Morgan fingerprint density at radius 3 is 2.55 bits per heavy atom. The van der Waals surface area contributed by atoms with Crippen molar-refractivity contribution < 1.29 is 22.7 Å². The van der Waals surface area contributed by atoms with Crippen molar-refractivity contribution >= 4 is 23.1 Å². The number of carbonyl (C=O) groups is 1. The van der Waals surface area contributed by atoms with Crippen LogP contribution >= 0.6 is 0 Å². The largest absolute Gasteiger partial charge is 0.378 e. The Balaban J connectivity index is 1.24. The summed E-state index contributed by atoms with van der Waals surface area (Å²) in [6.07, 6.45) is 1.44. The summed E-state index contributed by atoms with van der Waals surface area (Å²) < 4.78 is 52.2. The summed E-state index contributed by atoms with van der Waals surface area (Å²) in [7, 11) is 0. The summed E-state index contributed by atoms with van der Waals surface area (Å²) in [5.74, 6) is -0.998. The molecule has 1 saturated heterocycles. The van der Waals surface area contributed by atoms with Gasteiger partial charge in [0.1, 0.15) is 34.2 Å². The molecule has 7 rings (SSSR count). The summed E-state index contributed by atoms with van der Waals surface area (Å²) in [5, 5.41) is 10.9. The molecule has 2 aliphatic carbocycles. The number of carbonyl (C=O) groups excluding carboxylic acids is 1. The zero-order chi connectivity index (χ0) is 26.4. The Hall–Kier alpha value is -3.93. The number of nitrogens with zero attached hydrogens (tertiary/aromatic N) is 6. The van der Waals surface area contributed by atoms with Crippen LogP contribution in [0.5, 0.6) is 0 Å². The number of alkyl halides is 1. The van der Waals surface area contributed by atoms with Gasteiger partial charge in [0, 0.05) is 25.9 Å². The number of nitrogens with one attached hydrogen (secondary N) is 1. The van der Waals surface area contributed by atoms with Gasteiger partial charge in [0.25, 0.3) is 5.91 Å². The fourth-order valence-corrected chi connectivity index (χ4v) is 5.43. The minimum absolute atomic E-state index is 0.107. The van der Waals surface area contributed by atoms with Gasteiger partial charge in [-0.3, -0.25) is 4.79 Å². The van der Waals surface area contributed by atoms with E-state index < -0.39 is 28.9 Å². The maximum absolute atomic E-state index is 15.0. The van der Waals surface area contributed by atoms with Gasteiger partial charge in [0.05, 0.1) is 25.1 Å². The van der Waals surface area contributed by atoms with Crippen molar-refractivity contribution in [3.63, 3.8) is 0 Å². The molecule has 1 aliphatic heterocycles. The Kier molecular flexibility index (Phi) is 4.76. The predicted octanol–water partition coefficient (Wildman–Crippen LogP) is 3.79. The number of amides is 1. The third-order valence-corrected chi connectivity index (χ3v) is 7.82. The second kappa shape index (κ2) is 7.79. The number of anilines is 2. The van der Waals surface area contributed by atoms with E-state index in [2.05, 4.69) is 25.4 Å². The molecule has 3 aromatic heterocycles. The molecule has 1 aromatic carbocycles. The number of halogens is 3. The van der Waals surface area contributed by atoms with Crippen LogP contribution in [0.1, 0.15) is 34.6 Å². The van der Waals surface area contributed by atoms with Crippen LogP contribution in [-0.2, 0) is 10.3 Å². The van der Waals surface area contributed by atoms with E-state index in [1.807, 2.05) is 19.1 Å². The molecule has 4 heterocycles. The van der Waals surface area contributed by atoms with E-state index in [0.717, 1.165) is 22.3 Å². The van der Waals surface area contributed by atoms with Crippen LogP contribution in [0, 0.1) is 25.6 Å². The molecule has 0 bridgehead atoms. The van der Waals surface area contributed by atoms with E-state index in [1.54, 1.807) is 11.4 Å². The molecule has 196 valence electrons. The Bertz CT molecular complexity index is 1630. The Morgan fingerprint density at radius 1 is 1.11 bits per heavy atom. The summed E-state index contributed by atoms with van der Waals surface area (Å²) >= 11 is 0. The lowest BCUT2D eigenvalue weighted by atomic mass is 9.99. The van der Waals surface area contributed by atoms with Crippen LogP contribution in [0.25, 0.3) is 16.8 Å². The zero-order valence-corrected chi connectivity index (χ0v) is 20.8. The van der Waals surface area contributed by atoms with Gasteiger partial charge in [-0.15, -0.1) is 5.10 Å². The van der Waals surface area contributed by atoms with Gasteiger partial charge in [-0.05, 0) is 54.8 Å². The van der Waals surface area contributed by atoms with Crippen molar-refractivity contribution in [2.24, 2.45) is 0 Å². The first kappa shape index (κ1) is 23.2. The van der Waals surface area contributed by atoms with E-state index in [-0.39, 0.29) is 24.1 Å². The lowest BCUT2D eigenvalue weighted by Gasteiger charge is -2.29. The van der Waals surface area contributed by atoms with Crippen LogP contribution in [0.2, 0.25) is 0 Å². The maximum atomic E-state index is 15.0. The number of morpholine rings is 1. The van der Waals surface area contributed by atoms with Crippen molar-refractivity contribution in [3.8, 4) is 11.1 Å². The number of ether oxygens (including phenoxy) is 1. The summed E-state index contributed by atoms with van der Waals surface area (Å²) in [6, 6.07) is 6.66. The molecule has 2 saturated carbocycles. The molecular weight excluding hydrogens is 499 g/mol. The van der Waals surface area contributed by atoms with Crippen molar-refractivity contribution in [3.05, 3.63) is 59.2 Å². The van der Waals surface area contributed by atoms with Gasteiger partial charge < -0.3 is 15.0 Å². The van der Waals surface area contributed by atoms with Crippen molar-refractivity contribution in [1.29, 1.82) is 0 Å². The number of aryl methyl sites for hydroxylation is 2. The molecule has 3 aliphatic rings. The zero-order valence-electron chi connectivity index (χ0n) is 20.8. The molecule has 38 heavy (non-hydrogen) atoms. The number of hydrogen-bond acceptors (Lipinski definition) is 6. The first-order valence-corrected chi connectivity index (χ1v) is 12.4. The van der Waals surface area contributed by atoms with Gasteiger partial charge in [0.2, 0.25) is 5.95 Å². The van der Waals surface area contributed by atoms with E-state index >= 15 is 0 Å². The number of fused-ring (bicyclic) bond motifs is 2. The minimum atomic E-state index is -1.42. The van der Waals surface area contributed by atoms with Crippen LogP contribution in [-0.4, -0.2) is 62.3 Å². The summed E-state index contributed by atoms with van der Waals surface area (Å²) in [5.41, 5.74) is -0.139. The summed E-state index contributed by atoms with van der Waals surface area (Å²) in [6.45, 7) is 6.14. The lowest BCUT2D eigenvalue weighted by Crippen LogP contribution is -2.37. The van der Waals surface area contributed by atoms with Gasteiger partial charge in [0.15, 0.2) is 5.65 Å². The van der Waals surface area contributed by atoms with Crippen molar-refractivity contribution in [2.45, 2.75) is 37.9 Å². The molecule has 3 fully saturated rings. The van der Waals surface area contributed by atoms with Crippen LogP contribution in [0.3, 0.4) is 0 Å². The predicted molar refractivity (Wildman–Crippen MR) is 132 cm³/mol. The Morgan fingerprint density at radius 2 is 1.84 bits per heavy atom. The second-order valence-electron chi connectivity index (χ2n) is 10.3. The fraction of sp³-hybridized carbons (Fsp3) is 0.385. The highest BCUT2D eigenvalue weighted by Gasteiger charge is 2.88. The fourth-order valence-electron chi connectivity index (χ4n) is 5.43. The maximum Gasteiger partial charge on any atom is 0.262 e. The third kappa shape index (κ3) is 3.35. The van der Waals surface area contributed by atoms with Crippen LogP contribution in [0.15, 0.2) is 30.5 Å². The van der Waals surface area contributed by atoms with E-state index in [0.29, 0.717) is 48.9 Å². The number of rotatable bonds is 5. The molecule has 1 amide bonds. The molecule has 1 N–H and O–H groups in total. The quantitative estimate of drug-likeness (QED) is 0.428. The molecule has 0 spiro atoms. The number of hydrogen-bond donors (Lipinski definition) is 1. The summed E-state index contributed by atoms with van der Waals surface area (Å²) in [4.78, 5) is 19.6. The molecular formula is C26H24F3N7O2. The first-order chi connectivity index (χ1) is 18.2.